The zero-order valence-electron chi connectivity index (χ0n) is 9.98. The summed E-state index contributed by atoms with van der Waals surface area (Å²) in [6, 6.07) is 0.715. The van der Waals surface area contributed by atoms with E-state index in [9.17, 15) is 9.90 Å². The van der Waals surface area contributed by atoms with Gasteiger partial charge in [-0.1, -0.05) is 6.92 Å². The molecule has 92 valence electrons. The lowest BCUT2D eigenvalue weighted by atomic mass is 10.0. The standard InChI is InChI=1S/C12H22N2O2/c1-9-5-7-14(11(9)8-15)12(16)4-6-13-10-2-3-10/h9-11,13,15H,2-8H2,1H3. The monoisotopic (exact) mass is 226 g/mol. The Bertz CT molecular complexity index is 253. The summed E-state index contributed by atoms with van der Waals surface area (Å²) < 4.78 is 0. The normalized spacial score (nSPS) is 29.8. The zero-order valence-corrected chi connectivity index (χ0v) is 9.98. The van der Waals surface area contributed by atoms with Crippen LogP contribution in [0.25, 0.3) is 0 Å². The molecule has 0 spiro atoms. The van der Waals surface area contributed by atoms with Gasteiger partial charge in [-0.2, -0.15) is 0 Å². The first-order valence-electron chi connectivity index (χ1n) is 6.36. The number of hydrogen-bond acceptors (Lipinski definition) is 3. The number of rotatable bonds is 5. The van der Waals surface area contributed by atoms with Crippen molar-refractivity contribution in [3.63, 3.8) is 0 Å². The summed E-state index contributed by atoms with van der Waals surface area (Å²) in [7, 11) is 0. The molecule has 2 aliphatic rings. The second-order valence-corrected chi connectivity index (χ2v) is 5.08. The molecule has 0 aromatic heterocycles. The first kappa shape index (κ1) is 11.9. The van der Waals surface area contributed by atoms with Crippen LogP contribution >= 0.6 is 0 Å². The van der Waals surface area contributed by atoms with Crippen molar-refractivity contribution >= 4 is 5.91 Å². The average Bonchev–Trinajstić information content (AvgIpc) is 3.00. The highest BCUT2D eigenvalue weighted by Crippen LogP contribution is 2.24. The Hall–Kier alpha value is -0.610. The van der Waals surface area contributed by atoms with E-state index in [4.69, 9.17) is 0 Å². The summed E-state index contributed by atoms with van der Waals surface area (Å²) in [6.45, 7) is 3.81. The van der Waals surface area contributed by atoms with Gasteiger partial charge in [-0.3, -0.25) is 4.79 Å². The van der Waals surface area contributed by atoms with Gasteiger partial charge in [0.2, 0.25) is 5.91 Å². The fourth-order valence-corrected chi connectivity index (χ4v) is 2.41. The van der Waals surface area contributed by atoms with Crippen molar-refractivity contribution in [3.05, 3.63) is 0 Å². The van der Waals surface area contributed by atoms with Crippen molar-refractivity contribution < 1.29 is 9.90 Å². The van der Waals surface area contributed by atoms with Crippen LogP contribution in [0.1, 0.15) is 32.6 Å². The maximum atomic E-state index is 11.9. The van der Waals surface area contributed by atoms with E-state index in [0.29, 0.717) is 18.4 Å². The van der Waals surface area contributed by atoms with Gasteiger partial charge in [0, 0.05) is 25.6 Å². The largest absolute Gasteiger partial charge is 0.394 e. The molecule has 2 N–H and O–H groups in total. The third kappa shape index (κ3) is 2.74. The summed E-state index contributed by atoms with van der Waals surface area (Å²) >= 11 is 0. The highest BCUT2D eigenvalue weighted by Gasteiger charge is 2.33. The average molecular weight is 226 g/mol. The predicted octanol–water partition coefficient (Wildman–Crippen LogP) is 0.358. The van der Waals surface area contributed by atoms with Crippen LogP contribution in [0.4, 0.5) is 0 Å². The molecule has 1 saturated carbocycles. The van der Waals surface area contributed by atoms with Gasteiger partial charge in [0.25, 0.3) is 0 Å². The summed E-state index contributed by atoms with van der Waals surface area (Å²) in [5, 5.41) is 12.6. The van der Waals surface area contributed by atoms with Crippen LogP contribution in [-0.4, -0.2) is 47.7 Å². The molecule has 0 aromatic carbocycles. The summed E-state index contributed by atoms with van der Waals surface area (Å²) in [6.07, 6.45) is 4.11. The Balaban J connectivity index is 1.74. The van der Waals surface area contributed by atoms with Gasteiger partial charge in [-0.15, -0.1) is 0 Å². The van der Waals surface area contributed by atoms with Crippen LogP contribution in [0.2, 0.25) is 0 Å². The minimum Gasteiger partial charge on any atom is -0.394 e. The number of aliphatic hydroxyl groups is 1. The molecule has 2 unspecified atom stereocenters. The second kappa shape index (κ2) is 5.15. The van der Waals surface area contributed by atoms with E-state index < -0.39 is 0 Å². The molecule has 1 heterocycles. The molecule has 1 aliphatic carbocycles. The maximum Gasteiger partial charge on any atom is 0.224 e. The predicted molar refractivity (Wildman–Crippen MR) is 62.0 cm³/mol. The van der Waals surface area contributed by atoms with Crippen molar-refractivity contribution in [2.75, 3.05) is 19.7 Å². The fraction of sp³-hybridized carbons (Fsp3) is 0.917. The van der Waals surface area contributed by atoms with E-state index in [-0.39, 0.29) is 18.6 Å². The van der Waals surface area contributed by atoms with Crippen LogP contribution in [0.3, 0.4) is 0 Å². The topological polar surface area (TPSA) is 52.6 Å². The van der Waals surface area contributed by atoms with E-state index in [1.807, 2.05) is 4.90 Å². The van der Waals surface area contributed by atoms with Crippen molar-refractivity contribution in [3.8, 4) is 0 Å². The molecule has 0 aromatic rings. The van der Waals surface area contributed by atoms with Crippen LogP contribution < -0.4 is 5.32 Å². The van der Waals surface area contributed by atoms with Gasteiger partial charge in [-0.05, 0) is 25.2 Å². The van der Waals surface area contributed by atoms with E-state index >= 15 is 0 Å². The Morgan fingerprint density at radius 1 is 1.44 bits per heavy atom. The molecular weight excluding hydrogens is 204 g/mol. The molecular formula is C12H22N2O2. The van der Waals surface area contributed by atoms with E-state index in [2.05, 4.69) is 12.2 Å². The van der Waals surface area contributed by atoms with Crippen LogP contribution in [0, 0.1) is 5.92 Å². The van der Waals surface area contributed by atoms with Gasteiger partial charge in [0.1, 0.15) is 0 Å². The Kier molecular flexibility index (Phi) is 3.82. The number of amides is 1. The molecule has 2 rings (SSSR count). The lowest BCUT2D eigenvalue weighted by Gasteiger charge is -2.25. The SMILES string of the molecule is CC1CCN(C(=O)CCNC2CC2)C1CO. The van der Waals surface area contributed by atoms with Crippen molar-refractivity contribution in [2.24, 2.45) is 5.92 Å². The number of likely N-dealkylation sites (tertiary alicyclic amines) is 1. The summed E-state index contributed by atoms with van der Waals surface area (Å²) in [5.41, 5.74) is 0. The molecule has 0 bridgehead atoms. The molecule has 2 atom stereocenters. The van der Waals surface area contributed by atoms with Crippen LogP contribution in [-0.2, 0) is 4.79 Å². The molecule has 2 fully saturated rings. The third-order valence-electron chi connectivity index (χ3n) is 3.74. The lowest BCUT2D eigenvalue weighted by molar-refractivity contribution is -0.133. The van der Waals surface area contributed by atoms with Gasteiger partial charge in [0.15, 0.2) is 0 Å². The van der Waals surface area contributed by atoms with Crippen LogP contribution in [0.15, 0.2) is 0 Å². The first-order chi connectivity index (χ1) is 7.72. The summed E-state index contributed by atoms with van der Waals surface area (Å²) in [4.78, 5) is 13.8. The van der Waals surface area contributed by atoms with Crippen molar-refractivity contribution in [2.45, 2.75) is 44.7 Å². The molecule has 4 heteroatoms. The number of nitrogens with one attached hydrogen (secondary N) is 1. The lowest BCUT2D eigenvalue weighted by Crippen LogP contribution is -2.40. The minimum absolute atomic E-state index is 0.0495. The smallest absolute Gasteiger partial charge is 0.224 e. The molecule has 4 nitrogen and oxygen atoms in total. The van der Waals surface area contributed by atoms with E-state index in [0.717, 1.165) is 19.5 Å². The Morgan fingerprint density at radius 2 is 2.19 bits per heavy atom. The Morgan fingerprint density at radius 3 is 2.81 bits per heavy atom. The van der Waals surface area contributed by atoms with Gasteiger partial charge < -0.3 is 15.3 Å². The molecule has 0 radical (unpaired) electrons. The van der Waals surface area contributed by atoms with E-state index in [1.54, 1.807) is 0 Å². The number of carbonyl (C=O) groups excluding carboxylic acids is 1. The highest BCUT2D eigenvalue weighted by molar-refractivity contribution is 5.77. The maximum absolute atomic E-state index is 11.9. The zero-order chi connectivity index (χ0) is 11.5. The van der Waals surface area contributed by atoms with Gasteiger partial charge in [-0.25, -0.2) is 0 Å². The Labute approximate surface area is 97.0 Å². The number of hydrogen-bond donors (Lipinski definition) is 2. The molecule has 1 amide bonds. The van der Waals surface area contributed by atoms with Gasteiger partial charge in [0.05, 0.1) is 12.6 Å². The quantitative estimate of drug-likeness (QED) is 0.711. The second-order valence-electron chi connectivity index (χ2n) is 5.08. The third-order valence-corrected chi connectivity index (χ3v) is 3.74. The molecule has 1 saturated heterocycles. The minimum atomic E-state index is 0.0495. The van der Waals surface area contributed by atoms with E-state index in [1.165, 1.54) is 12.8 Å². The molecule has 16 heavy (non-hydrogen) atoms. The number of carbonyl (C=O) groups is 1. The van der Waals surface area contributed by atoms with Gasteiger partial charge >= 0.3 is 0 Å². The van der Waals surface area contributed by atoms with Crippen molar-refractivity contribution in [1.82, 2.24) is 10.2 Å². The first-order valence-corrected chi connectivity index (χ1v) is 6.36. The van der Waals surface area contributed by atoms with Crippen LogP contribution in [0.5, 0.6) is 0 Å². The number of nitrogens with zero attached hydrogens (tertiary/aromatic N) is 1. The fourth-order valence-electron chi connectivity index (χ4n) is 2.41. The highest BCUT2D eigenvalue weighted by atomic mass is 16.3. The number of aliphatic hydroxyl groups excluding tert-OH is 1. The van der Waals surface area contributed by atoms with Crippen molar-refractivity contribution in [1.29, 1.82) is 0 Å². The molecule has 1 aliphatic heterocycles. The summed E-state index contributed by atoms with van der Waals surface area (Å²) in [5.74, 6) is 0.627.